The largest absolute Gasteiger partial charge is 0.417 e. The van der Waals surface area contributed by atoms with E-state index in [1.807, 2.05) is 13.8 Å². The van der Waals surface area contributed by atoms with Crippen LogP contribution < -0.4 is 5.32 Å². The fourth-order valence-corrected chi connectivity index (χ4v) is 3.06. The molecule has 1 N–H and O–H groups in total. The third-order valence-electron chi connectivity index (χ3n) is 4.61. The van der Waals surface area contributed by atoms with Crippen LogP contribution in [0.4, 0.5) is 17.6 Å². The second kappa shape index (κ2) is 8.25. The number of halogens is 4. The zero-order valence-corrected chi connectivity index (χ0v) is 16.5. The first-order valence-corrected chi connectivity index (χ1v) is 9.25. The first-order valence-electron chi connectivity index (χ1n) is 9.25. The van der Waals surface area contributed by atoms with Crippen LogP contribution in [0.1, 0.15) is 59.9 Å². The lowest BCUT2D eigenvalue weighted by atomic mass is 10.0. The van der Waals surface area contributed by atoms with Gasteiger partial charge < -0.3 is 5.32 Å². The first kappa shape index (κ1) is 21.5. The first-order chi connectivity index (χ1) is 14.1. The Morgan fingerprint density at radius 2 is 1.70 bits per heavy atom. The second-order valence-electron chi connectivity index (χ2n) is 7.16. The Morgan fingerprint density at radius 1 is 1.03 bits per heavy atom. The van der Waals surface area contributed by atoms with E-state index < -0.39 is 17.6 Å². The number of nitrogens with one attached hydrogen (secondary N) is 1. The quantitative estimate of drug-likeness (QED) is 0.589. The number of rotatable bonds is 5. The van der Waals surface area contributed by atoms with E-state index in [1.165, 1.54) is 29.1 Å². The zero-order chi connectivity index (χ0) is 22.1. The average Bonchev–Trinajstić information content (AvgIpc) is 3.13. The van der Waals surface area contributed by atoms with Crippen LogP contribution in [-0.4, -0.2) is 20.7 Å². The third-order valence-corrected chi connectivity index (χ3v) is 4.61. The summed E-state index contributed by atoms with van der Waals surface area (Å²) in [7, 11) is 0. The summed E-state index contributed by atoms with van der Waals surface area (Å²) in [6, 6.07) is 7.54. The van der Waals surface area contributed by atoms with E-state index in [4.69, 9.17) is 0 Å². The average molecular weight is 420 g/mol. The van der Waals surface area contributed by atoms with Crippen molar-refractivity contribution in [3.8, 4) is 5.82 Å². The van der Waals surface area contributed by atoms with Crippen LogP contribution in [0.25, 0.3) is 5.82 Å². The van der Waals surface area contributed by atoms with Crippen molar-refractivity contribution in [3.05, 3.63) is 77.0 Å². The van der Waals surface area contributed by atoms with Crippen molar-refractivity contribution >= 4 is 5.91 Å². The maximum atomic E-state index is 13.1. The van der Waals surface area contributed by atoms with E-state index in [0.29, 0.717) is 11.3 Å². The van der Waals surface area contributed by atoms with Crippen molar-refractivity contribution in [2.75, 3.05) is 0 Å². The van der Waals surface area contributed by atoms with Crippen LogP contribution in [0.3, 0.4) is 0 Å². The van der Waals surface area contributed by atoms with Gasteiger partial charge in [-0.1, -0.05) is 26.0 Å². The summed E-state index contributed by atoms with van der Waals surface area (Å²) in [5, 5.41) is 7.01. The van der Waals surface area contributed by atoms with Gasteiger partial charge in [-0.2, -0.15) is 18.3 Å². The number of pyridine rings is 1. The SMILES string of the molecule is CC(C)c1c(C(=O)NC(C)c2ccc(F)cc2)cnn1-c1ccc(C(F)(F)F)cn1. The molecule has 1 unspecified atom stereocenters. The van der Waals surface area contributed by atoms with Crippen molar-refractivity contribution in [2.24, 2.45) is 0 Å². The summed E-state index contributed by atoms with van der Waals surface area (Å²) in [6.07, 6.45) is -2.39. The summed E-state index contributed by atoms with van der Waals surface area (Å²) in [4.78, 5) is 16.7. The van der Waals surface area contributed by atoms with Crippen LogP contribution in [0, 0.1) is 5.82 Å². The van der Waals surface area contributed by atoms with Gasteiger partial charge in [0, 0.05) is 6.20 Å². The maximum Gasteiger partial charge on any atom is 0.417 e. The fourth-order valence-electron chi connectivity index (χ4n) is 3.06. The lowest BCUT2D eigenvalue weighted by Gasteiger charge is -2.16. The molecule has 1 amide bonds. The summed E-state index contributed by atoms with van der Waals surface area (Å²) in [6.45, 7) is 5.46. The number of aromatic nitrogens is 3. The number of carbonyl (C=O) groups is 1. The van der Waals surface area contributed by atoms with Crippen molar-refractivity contribution in [3.63, 3.8) is 0 Å². The Balaban J connectivity index is 1.88. The van der Waals surface area contributed by atoms with Gasteiger partial charge in [0.15, 0.2) is 5.82 Å². The molecule has 0 fully saturated rings. The van der Waals surface area contributed by atoms with Gasteiger partial charge in [-0.25, -0.2) is 14.1 Å². The van der Waals surface area contributed by atoms with Gasteiger partial charge in [0.2, 0.25) is 0 Å². The number of benzene rings is 1. The molecule has 158 valence electrons. The molecule has 0 bridgehead atoms. The molecule has 0 spiro atoms. The molecule has 5 nitrogen and oxygen atoms in total. The number of hydrogen-bond acceptors (Lipinski definition) is 3. The molecule has 2 aromatic heterocycles. The molecule has 2 heterocycles. The Kier molecular flexibility index (Phi) is 5.91. The minimum atomic E-state index is -4.49. The minimum Gasteiger partial charge on any atom is -0.345 e. The highest BCUT2D eigenvalue weighted by molar-refractivity contribution is 5.95. The lowest BCUT2D eigenvalue weighted by molar-refractivity contribution is -0.137. The standard InChI is InChI=1S/C21H20F4N4O/c1-12(2)19-17(20(30)28-13(3)14-4-7-16(22)8-5-14)11-27-29(19)18-9-6-15(10-26-18)21(23,24)25/h4-13H,1-3H3,(H,28,30). The Bertz CT molecular complexity index is 1020. The van der Waals surface area contributed by atoms with E-state index >= 15 is 0 Å². The fraction of sp³-hybridized carbons (Fsp3) is 0.286. The van der Waals surface area contributed by atoms with Crippen molar-refractivity contribution in [1.29, 1.82) is 0 Å². The molecule has 1 atom stereocenters. The molecule has 30 heavy (non-hydrogen) atoms. The molecular weight excluding hydrogens is 400 g/mol. The molecule has 0 radical (unpaired) electrons. The highest BCUT2D eigenvalue weighted by atomic mass is 19.4. The third kappa shape index (κ3) is 4.50. The van der Waals surface area contributed by atoms with Crippen molar-refractivity contribution in [2.45, 2.75) is 38.9 Å². The molecule has 1 aromatic carbocycles. The summed E-state index contributed by atoms with van der Waals surface area (Å²) < 4.78 is 52.8. The van der Waals surface area contributed by atoms with Gasteiger partial charge in [0.05, 0.1) is 29.1 Å². The molecule has 9 heteroatoms. The molecule has 0 aliphatic heterocycles. The normalized spacial score (nSPS) is 12.8. The number of amides is 1. The van der Waals surface area contributed by atoms with Crippen LogP contribution in [0.5, 0.6) is 0 Å². The van der Waals surface area contributed by atoms with Gasteiger partial charge >= 0.3 is 6.18 Å². The summed E-state index contributed by atoms with van der Waals surface area (Å²) >= 11 is 0. The molecule has 3 rings (SSSR count). The lowest BCUT2D eigenvalue weighted by Crippen LogP contribution is -2.27. The van der Waals surface area contributed by atoms with Crippen LogP contribution in [-0.2, 0) is 6.18 Å². The van der Waals surface area contributed by atoms with Crippen LogP contribution in [0.15, 0.2) is 48.8 Å². The van der Waals surface area contributed by atoms with Gasteiger partial charge in [-0.05, 0) is 42.7 Å². The Labute approximate surface area is 170 Å². The van der Waals surface area contributed by atoms with E-state index in [0.717, 1.165) is 17.8 Å². The molecular formula is C21H20F4N4O. The van der Waals surface area contributed by atoms with E-state index in [1.54, 1.807) is 19.1 Å². The van der Waals surface area contributed by atoms with Crippen molar-refractivity contribution < 1.29 is 22.4 Å². The highest BCUT2D eigenvalue weighted by Crippen LogP contribution is 2.29. The monoisotopic (exact) mass is 420 g/mol. The van der Waals surface area contributed by atoms with Gasteiger partial charge in [-0.15, -0.1) is 0 Å². The number of carbonyl (C=O) groups excluding carboxylic acids is 1. The Hall–Kier alpha value is -3.23. The van der Waals surface area contributed by atoms with Crippen molar-refractivity contribution in [1.82, 2.24) is 20.1 Å². The predicted octanol–water partition coefficient (Wildman–Crippen LogP) is 5.04. The van der Waals surface area contributed by atoms with Gasteiger partial charge in [0.25, 0.3) is 5.91 Å². The summed E-state index contributed by atoms with van der Waals surface area (Å²) in [5.41, 5.74) is 0.676. The van der Waals surface area contributed by atoms with E-state index in [2.05, 4.69) is 15.4 Å². The van der Waals surface area contributed by atoms with Gasteiger partial charge in [0.1, 0.15) is 5.82 Å². The second-order valence-corrected chi connectivity index (χ2v) is 7.16. The maximum absolute atomic E-state index is 13.1. The molecule has 0 aliphatic rings. The van der Waals surface area contributed by atoms with E-state index in [9.17, 15) is 22.4 Å². The smallest absolute Gasteiger partial charge is 0.345 e. The molecule has 3 aromatic rings. The predicted molar refractivity (Wildman–Crippen MR) is 103 cm³/mol. The molecule has 0 saturated heterocycles. The van der Waals surface area contributed by atoms with E-state index in [-0.39, 0.29) is 23.6 Å². The number of hydrogen-bond donors (Lipinski definition) is 1. The highest BCUT2D eigenvalue weighted by Gasteiger charge is 2.31. The minimum absolute atomic E-state index is 0.154. The number of alkyl halides is 3. The topological polar surface area (TPSA) is 59.8 Å². The number of nitrogens with zero attached hydrogens (tertiary/aromatic N) is 3. The Morgan fingerprint density at radius 3 is 2.23 bits per heavy atom. The van der Waals surface area contributed by atoms with Crippen LogP contribution in [0.2, 0.25) is 0 Å². The molecule has 0 saturated carbocycles. The van der Waals surface area contributed by atoms with Crippen LogP contribution >= 0.6 is 0 Å². The molecule has 0 aliphatic carbocycles. The summed E-state index contributed by atoms with van der Waals surface area (Å²) in [5.74, 6) is -0.742. The zero-order valence-electron chi connectivity index (χ0n) is 16.5. The van der Waals surface area contributed by atoms with Gasteiger partial charge in [-0.3, -0.25) is 4.79 Å².